The van der Waals surface area contributed by atoms with Crippen molar-refractivity contribution < 1.29 is 14.3 Å². The number of amides is 2. The second kappa shape index (κ2) is 10.4. The van der Waals surface area contributed by atoms with E-state index in [1.54, 1.807) is 0 Å². The van der Waals surface area contributed by atoms with Crippen molar-refractivity contribution in [2.75, 3.05) is 45.9 Å². The van der Waals surface area contributed by atoms with E-state index in [0.29, 0.717) is 39.2 Å². The number of carbonyl (C=O) groups is 2. The third-order valence-electron chi connectivity index (χ3n) is 4.02. The summed E-state index contributed by atoms with van der Waals surface area (Å²) < 4.78 is 5.58. The molecule has 134 valence electrons. The van der Waals surface area contributed by atoms with Crippen LogP contribution < -0.4 is 10.1 Å². The Labute approximate surface area is 149 Å². The summed E-state index contributed by atoms with van der Waals surface area (Å²) in [7, 11) is 0. The molecule has 0 aliphatic carbocycles. The predicted octanol–water partition coefficient (Wildman–Crippen LogP) is 0.739. The van der Waals surface area contributed by atoms with E-state index in [1.807, 2.05) is 35.2 Å². The van der Waals surface area contributed by atoms with Gasteiger partial charge in [-0.25, -0.2) is 0 Å². The van der Waals surface area contributed by atoms with E-state index >= 15 is 0 Å². The van der Waals surface area contributed by atoms with E-state index in [0.717, 1.165) is 18.7 Å². The Hall–Kier alpha value is -2.52. The molecule has 0 atom stereocenters. The minimum Gasteiger partial charge on any atom is -0.493 e. The lowest BCUT2D eigenvalue weighted by atomic mass is 10.3. The summed E-state index contributed by atoms with van der Waals surface area (Å²) in [5.74, 6) is 3.18. The number of hydrogen-bond donors (Lipinski definition) is 1. The van der Waals surface area contributed by atoms with E-state index in [2.05, 4.69) is 16.1 Å². The Morgan fingerprint density at radius 2 is 1.96 bits per heavy atom. The molecule has 1 aliphatic rings. The minimum absolute atomic E-state index is 0.0750. The van der Waals surface area contributed by atoms with Gasteiger partial charge in [0.25, 0.3) is 0 Å². The average molecular weight is 343 g/mol. The van der Waals surface area contributed by atoms with Crippen molar-refractivity contribution >= 4 is 11.8 Å². The monoisotopic (exact) mass is 343 g/mol. The molecule has 1 N–H and O–H groups in total. The Morgan fingerprint density at radius 1 is 1.16 bits per heavy atom. The van der Waals surface area contributed by atoms with Crippen LogP contribution >= 0.6 is 0 Å². The minimum atomic E-state index is -0.0750. The zero-order chi connectivity index (χ0) is 17.9. The van der Waals surface area contributed by atoms with Gasteiger partial charge in [-0.05, 0) is 18.6 Å². The van der Waals surface area contributed by atoms with E-state index < -0.39 is 0 Å². The van der Waals surface area contributed by atoms with Gasteiger partial charge in [0.15, 0.2) is 0 Å². The molecule has 1 aromatic rings. The molecule has 0 spiro atoms. The number of benzene rings is 1. The predicted molar refractivity (Wildman–Crippen MR) is 96.0 cm³/mol. The highest BCUT2D eigenvalue weighted by molar-refractivity contribution is 5.78. The van der Waals surface area contributed by atoms with Gasteiger partial charge in [0, 0.05) is 26.2 Å². The Balaban J connectivity index is 1.69. The second-order valence-electron chi connectivity index (χ2n) is 5.90. The molecule has 0 unspecified atom stereocenters. The number of rotatable bonds is 7. The fraction of sp³-hybridized carbons (Fsp3) is 0.474. The standard InChI is InChI=1S/C19H25N3O3/c1-2-10-20-18(23)16-21-11-6-12-22(14-13-21)19(24)9-15-25-17-7-4-3-5-8-17/h1,3-5,7-8H,6,9-16H2,(H,20,23). The summed E-state index contributed by atoms with van der Waals surface area (Å²) in [5, 5.41) is 2.66. The van der Waals surface area contributed by atoms with E-state index in [1.165, 1.54) is 0 Å². The molecule has 25 heavy (non-hydrogen) atoms. The number of carbonyl (C=O) groups excluding carboxylic acids is 2. The molecular formula is C19H25N3O3. The molecule has 1 aliphatic heterocycles. The van der Waals surface area contributed by atoms with Gasteiger partial charge < -0.3 is 15.0 Å². The number of nitrogens with zero attached hydrogens (tertiary/aromatic N) is 2. The van der Waals surface area contributed by atoms with Crippen molar-refractivity contribution in [2.45, 2.75) is 12.8 Å². The molecule has 2 rings (SSSR count). The van der Waals surface area contributed by atoms with Gasteiger partial charge in [0.05, 0.1) is 26.1 Å². The second-order valence-corrected chi connectivity index (χ2v) is 5.90. The van der Waals surface area contributed by atoms with Crippen molar-refractivity contribution in [3.05, 3.63) is 30.3 Å². The van der Waals surface area contributed by atoms with Crippen LogP contribution in [0.2, 0.25) is 0 Å². The Morgan fingerprint density at radius 3 is 2.72 bits per heavy atom. The van der Waals surface area contributed by atoms with Crippen molar-refractivity contribution in [1.29, 1.82) is 0 Å². The molecule has 0 radical (unpaired) electrons. The highest BCUT2D eigenvalue weighted by atomic mass is 16.5. The quantitative estimate of drug-likeness (QED) is 0.742. The molecule has 0 aromatic heterocycles. The fourth-order valence-corrected chi connectivity index (χ4v) is 2.72. The first kappa shape index (κ1) is 18.8. The van der Waals surface area contributed by atoms with Crippen molar-refractivity contribution in [3.8, 4) is 18.1 Å². The lowest BCUT2D eigenvalue weighted by Crippen LogP contribution is -2.40. The van der Waals surface area contributed by atoms with E-state index in [-0.39, 0.29) is 18.4 Å². The highest BCUT2D eigenvalue weighted by Crippen LogP contribution is 2.10. The van der Waals surface area contributed by atoms with Crippen molar-refractivity contribution in [1.82, 2.24) is 15.1 Å². The molecule has 6 nitrogen and oxygen atoms in total. The summed E-state index contributed by atoms with van der Waals surface area (Å²) in [5.41, 5.74) is 0. The Bertz CT molecular complexity index is 598. The molecule has 2 amide bonds. The maximum absolute atomic E-state index is 12.3. The van der Waals surface area contributed by atoms with Crippen LogP contribution in [0, 0.1) is 12.3 Å². The summed E-state index contributed by atoms with van der Waals surface area (Å²) in [6.45, 7) is 3.78. The number of para-hydroxylation sites is 1. The third kappa shape index (κ3) is 6.86. The molecule has 1 saturated heterocycles. The summed E-state index contributed by atoms with van der Waals surface area (Å²) in [4.78, 5) is 28.0. The maximum atomic E-state index is 12.3. The number of ether oxygens (including phenoxy) is 1. The van der Waals surface area contributed by atoms with Crippen LogP contribution in [-0.4, -0.2) is 67.5 Å². The number of nitrogens with one attached hydrogen (secondary N) is 1. The van der Waals surface area contributed by atoms with Gasteiger partial charge in [-0.15, -0.1) is 6.42 Å². The fourth-order valence-electron chi connectivity index (χ4n) is 2.72. The molecule has 1 fully saturated rings. The topological polar surface area (TPSA) is 61.9 Å². The third-order valence-corrected chi connectivity index (χ3v) is 4.02. The van der Waals surface area contributed by atoms with E-state index in [9.17, 15) is 9.59 Å². The van der Waals surface area contributed by atoms with Gasteiger partial charge >= 0.3 is 0 Å². The zero-order valence-electron chi connectivity index (χ0n) is 14.4. The maximum Gasteiger partial charge on any atom is 0.234 e. The first-order valence-corrected chi connectivity index (χ1v) is 8.57. The number of hydrogen-bond acceptors (Lipinski definition) is 4. The average Bonchev–Trinajstić information content (AvgIpc) is 2.86. The van der Waals surface area contributed by atoms with Gasteiger partial charge in [-0.2, -0.15) is 0 Å². The summed E-state index contributed by atoms with van der Waals surface area (Å²) in [6.07, 6.45) is 6.34. The van der Waals surface area contributed by atoms with Gasteiger partial charge in [0.1, 0.15) is 5.75 Å². The molecule has 1 aromatic carbocycles. The zero-order valence-corrected chi connectivity index (χ0v) is 14.4. The molecular weight excluding hydrogens is 318 g/mol. The van der Waals surface area contributed by atoms with E-state index in [4.69, 9.17) is 11.2 Å². The van der Waals surface area contributed by atoms with Crippen LogP contribution in [0.4, 0.5) is 0 Å². The molecule has 1 heterocycles. The lowest BCUT2D eigenvalue weighted by molar-refractivity contribution is -0.131. The van der Waals surface area contributed by atoms with Crippen LogP contribution in [-0.2, 0) is 9.59 Å². The summed E-state index contributed by atoms with van der Waals surface area (Å²) in [6, 6.07) is 9.48. The largest absolute Gasteiger partial charge is 0.493 e. The smallest absolute Gasteiger partial charge is 0.234 e. The number of terminal acetylenes is 1. The van der Waals surface area contributed by atoms with Gasteiger partial charge in [-0.3, -0.25) is 14.5 Å². The molecule has 6 heteroatoms. The molecule has 0 bridgehead atoms. The first-order valence-electron chi connectivity index (χ1n) is 8.57. The SMILES string of the molecule is C#CCNC(=O)CN1CCCN(C(=O)CCOc2ccccc2)CC1. The van der Waals surface area contributed by atoms with Crippen LogP contribution in [0.15, 0.2) is 30.3 Å². The van der Waals surface area contributed by atoms with Crippen LogP contribution in [0.25, 0.3) is 0 Å². The first-order chi connectivity index (χ1) is 12.2. The van der Waals surface area contributed by atoms with Crippen LogP contribution in [0.5, 0.6) is 5.75 Å². The normalized spacial score (nSPS) is 15.1. The van der Waals surface area contributed by atoms with Crippen LogP contribution in [0.1, 0.15) is 12.8 Å². The van der Waals surface area contributed by atoms with Gasteiger partial charge in [0.2, 0.25) is 11.8 Å². The summed E-state index contributed by atoms with van der Waals surface area (Å²) >= 11 is 0. The lowest BCUT2D eigenvalue weighted by Gasteiger charge is -2.21. The van der Waals surface area contributed by atoms with Crippen molar-refractivity contribution in [2.24, 2.45) is 0 Å². The molecule has 0 saturated carbocycles. The van der Waals surface area contributed by atoms with Crippen molar-refractivity contribution in [3.63, 3.8) is 0 Å². The van der Waals surface area contributed by atoms with Gasteiger partial charge in [-0.1, -0.05) is 24.1 Å². The highest BCUT2D eigenvalue weighted by Gasteiger charge is 2.20. The van der Waals surface area contributed by atoms with Crippen LogP contribution in [0.3, 0.4) is 0 Å². The Kier molecular flexibility index (Phi) is 7.80.